The standard InChI is InChI=1S/C12H16ClN3/c13-10-5-14-12(15-6-10)16-7-11(8-1-2-8)9-3-4-9/h5-6,8-9,11H,1-4,7H2,(H,14,15,16). The Morgan fingerprint density at radius 2 is 1.75 bits per heavy atom. The Balaban J connectivity index is 1.56. The molecule has 0 radical (unpaired) electrons. The number of aromatic nitrogens is 2. The predicted octanol–water partition coefficient (Wildman–Crippen LogP) is 2.98. The Morgan fingerprint density at radius 3 is 2.25 bits per heavy atom. The average Bonchev–Trinajstić information content (AvgIpc) is 3.15. The minimum Gasteiger partial charge on any atom is -0.354 e. The topological polar surface area (TPSA) is 37.8 Å². The third-order valence-electron chi connectivity index (χ3n) is 3.57. The molecule has 0 aliphatic heterocycles. The van der Waals surface area contributed by atoms with E-state index in [1.165, 1.54) is 25.7 Å². The molecule has 86 valence electrons. The summed E-state index contributed by atoms with van der Waals surface area (Å²) in [6.07, 6.45) is 8.96. The molecule has 1 aromatic heterocycles. The van der Waals surface area contributed by atoms with E-state index < -0.39 is 0 Å². The molecule has 16 heavy (non-hydrogen) atoms. The number of nitrogens with zero attached hydrogens (tertiary/aromatic N) is 2. The van der Waals surface area contributed by atoms with Crippen LogP contribution in [0.1, 0.15) is 25.7 Å². The number of halogens is 1. The molecule has 2 fully saturated rings. The van der Waals surface area contributed by atoms with Crippen molar-refractivity contribution in [3.63, 3.8) is 0 Å². The first-order valence-electron chi connectivity index (χ1n) is 6.04. The molecule has 0 bridgehead atoms. The molecular formula is C12H16ClN3. The molecule has 0 unspecified atom stereocenters. The van der Waals surface area contributed by atoms with Gasteiger partial charge in [0.2, 0.25) is 5.95 Å². The van der Waals surface area contributed by atoms with Crippen LogP contribution in [0.3, 0.4) is 0 Å². The number of anilines is 1. The Bertz CT molecular complexity index is 345. The smallest absolute Gasteiger partial charge is 0.222 e. The van der Waals surface area contributed by atoms with E-state index in [2.05, 4.69) is 15.3 Å². The normalized spacial score (nSPS) is 20.1. The molecule has 1 heterocycles. The Morgan fingerprint density at radius 1 is 1.19 bits per heavy atom. The third kappa shape index (κ3) is 2.46. The molecule has 0 aromatic carbocycles. The lowest BCUT2D eigenvalue weighted by Crippen LogP contribution is -2.19. The summed E-state index contributed by atoms with van der Waals surface area (Å²) in [5.41, 5.74) is 0. The molecule has 2 saturated carbocycles. The van der Waals surface area contributed by atoms with E-state index in [1.807, 2.05) is 0 Å². The summed E-state index contributed by atoms with van der Waals surface area (Å²) in [5.74, 6) is 3.48. The van der Waals surface area contributed by atoms with Crippen LogP contribution in [-0.4, -0.2) is 16.5 Å². The Labute approximate surface area is 101 Å². The summed E-state index contributed by atoms with van der Waals surface area (Å²) in [6, 6.07) is 0. The summed E-state index contributed by atoms with van der Waals surface area (Å²) in [4.78, 5) is 8.31. The zero-order valence-electron chi connectivity index (χ0n) is 9.19. The monoisotopic (exact) mass is 237 g/mol. The fraction of sp³-hybridized carbons (Fsp3) is 0.667. The summed E-state index contributed by atoms with van der Waals surface area (Å²) in [6.45, 7) is 1.02. The number of hydrogen-bond donors (Lipinski definition) is 1. The Kier molecular flexibility index (Phi) is 2.72. The van der Waals surface area contributed by atoms with Crippen molar-refractivity contribution in [3.05, 3.63) is 17.4 Å². The number of hydrogen-bond acceptors (Lipinski definition) is 3. The molecule has 3 nitrogen and oxygen atoms in total. The van der Waals surface area contributed by atoms with Gasteiger partial charge in [-0.25, -0.2) is 9.97 Å². The average molecular weight is 238 g/mol. The van der Waals surface area contributed by atoms with Gasteiger partial charge in [0.25, 0.3) is 0 Å². The van der Waals surface area contributed by atoms with Crippen LogP contribution in [0, 0.1) is 17.8 Å². The molecular weight excluding hydrogens is 222 g/mol. The summed E-state index contributed by atoms with van der Waals surface area (Å²) in [7, 11) is 0. The van der Waals surface area contributed by atoms with Gasteiger partial charge in [-0.05, 0) is 43.4 Å². The fourth-order valence-electron chi connectivity index (χ4n) is 2.38. The lowest BCUT2D eigenvalue weighted by atomic mass is 9.98. The van der Waals surface area contributed by atoms with Crippen molar-refractivity contribution in [2.45, 2.75) is 25.7 Å². The van der Waals surface area contributed by atoms with Crippen molar-refractivity contribution in [2.75, 3.05) is 11.9 Å². The molecule has 0 amide bonds. The number of rotatable bonds is 5. The van der Waals surface area contributed by atoms with Crippen molar-refractivity contribution in [1.82, 2.24) is 9.97 Å². The van der Waals surface area contributed by atoms with Crippen LogP contribution in [0.5, 0.6) is 0 Å². The van der Waals surface area contributed by atoms with Crippen molar-refractivity contribution < 1.29 is 0 Å². The summed E-state index contributed by atoms with van der Waals surface area (Å²) < 4.78 is 0. The molecule has 2 aliphatic carbocycles. The van der Waals surface area contributed by atoms with Gasteiger partial charge >= 0.3 is 0 Å². The highest BCUT2D eigenvalue weighted by Crippen LogP contribution is 2.49. The van der Waals surface area contributed by atoms with Gasteiger partial charge in [0, 0.05) is 6.54 Å². The van der Waals surface area contributed by atoms with Gasteiger partial charge in [0.05, 0.1) is 17.4 Å². The quantitative estimate of drug-likeness (QED) is 0.856. The van der Waals surface area contributed by atoms with Gasteiger partial charge < -0.3 is 5.32 Å². The number of nitrogens with one attached hydrogen (secondary N) is 1. The minimum atomic E-state index is 0.589. The van der Waals surface area contributed by atoms with Crippen LogP contribution in [0.25, 0.3) is 0 Å². The van der Waals surface area contributed by atoms with Crippen LogP contribution in [0.4, 0.5) is 5.95 Å². The van der Waals surface area contributed by atoms with Gasteiger partial charge in [-0.1, -0.05) is 11.6 Å². The minimum absolute atomic E-state index is 0.589. The fourth-order valence-corrected chi connectivity index (χ4v) is 2.48. The van der Waals surface area contributed by atoms with E-state index in [4.69, 9.17) is 11.6 Å². The van der Waals surface area contributed by atoms with Crippen LogP contribution in [0.2, 0.25) is 5.02 Å². The van der Waals surface area contributed by atoms with Crippen LogP contribution < -0.4 is 5.32 Å². The second-order valence-corrected chi connectivity index (χ2v) is 5.38. The van der Waals surface area contributed by atoms with Crippen molar-refractivity contribution in [3.8, 4) is 0 Å². The molecule has 1 N–H and O–H groups in total. The highest BCUT2D eigenvalue weighted by Gasteiger charge is 2.41. The molecule has 0 atom stereocenters. The largest absolute Gasteiger partial charge is 0.354 e. The third-order valence-corrected chi connectivity index (χ3v) is 3.77. The van der Waals surface area contributed by atoms with Crippen molar-refractivity contribution in [1.29, 1.82) is 0 Å². The lowest BCUT2D eigenvalue weighted by Gasteiger charge is -2.15. The molecule has 2 aliphatic rings. The summed E-state index contributed by atoms with van der Waals surface area (Å²) >= 11 is 5.74. The highest BCUT2D eigenvalue weighted by atomic mass is 35.5. The van der Waals surface area contributed by atoms with Crippen molar-refractivity contribution >= 4 is 17.5 Å². The first-order valence-corrected chi connectivity index (χ1v) is 6.42. The van der Waals surface area contributed by atoms with E-state index in [-0.39, 0.29) is 0 Å². The van der Waals surface area contributed by atoms with E-state index in [9.17, 15) is 0 Å². The maximum absolute atomic E-state index is 5.74. The second kappa shape index (κ2) is 4.21. The molecule has 0 spiro atoms. The first-order chi connectivity index (χ1) is 7.83. The van der Waals surface area contributed by atoms with Crippen LogP contribution >= 0.6 is 11.6 Å². The first kappa shape index (κ1) is 10.3. The maximum atomic E-state index is 5.74. The van der Waals surface area contributed by atoms with E-state index in [0.717, 1.165) is 24.3 Å². The van der Waals surface area contributed by atoms with Gasteiger partial charge in [0.15, 0.2) is 0 Å². The van der Waals surface area contributed by atoms with E-state index in [0.29, 0.717) is 11.0 Å². The molecule has 0 saturated heterocycles. The zero-order valence-corrected chi connectivity index (χ0v) is 9.95. The molecule has 4 heteroatoms. The van der Waals surface area contributed by atoms with Crippen LogP contribution in [-0.2, 0) is 0 Å². The zero-order chi connectivity index (χ0) is 11.0. The van der Waals surface area contributed by atoms with Crippen LogP contribution in [0.15, 0.2) is 12.4 Å². The molecule has 1 aromatic rings. The van der Waals surface area contributed by atoms with Gasteiger partial charge in [-0.3, -0.25) is 0 Å². The van der Waals surface area contributed by atoms with Gasteiger partial charge in [-0.15, -0.1) is 0 Å². The Hall–Kier alpha value is -0.830. The van der Waals surface area contributed by atoms with Gasteiger partial charge in [0.1, 0.15) is 0 Å². The molecule has 3 rings (SSSR count). The SMILES string of the molecule is Clc1cnc(NCC(C2CC2)C2CC2)nc1. The lowest BCUT2D eigenvalue weighted by molar-refractivity contribution is 0.427. The highest BCUT2D eigenvalue weighted by molar-refractivity contribution is 6.30. The van der Waals surface area contributed by atoms with E-state index >= 15 is 0 Å². The van der Waals surface area contributed by atoms with E-state index in [1.54, 1.807) is 12.4 Å². The predicted molar refractivity (Wildman–Crippen MR) is 64.5 cm³/mol. The summed E-state index contributed by atoms with van der Waals surface area (Å²) in [5, 5.41) is 3.92. The van der Waals surface area contributed by atoms with Crippen molar-refractivity contribution in [2.24, 2.45) is 17.8 Å². The second-order valence-electron chi connectivity index (χ2n) is 4.94. The maximum Gasteiger partial charge on any atom is 0.222 e. The van der Waals surface area contributed by atoms with Gasteiger partial charge in [-0.2, -0.15) is 0 Å².